The Kier molecular flexibility index (Phi) is 4.33. The van der Waals surface area contributed by atoms with E-state index in [0.29, 0.717) is 12.3 Å². The molecular formula is C12H18N2O4. The summed E-state index contributed by atoms with van der Waals surface area (Å²) in [6.45, 7) is 5.14. The predicted octanol–water partition coefficient (Wildman–Crippen LogP) is 1.37. The molecule has 1 atom stereocenters. The van der Waals surface area contributed by atoms with Crippen LogP contribution in [0.5, 0.6) is 0 Å². The average molecular weight is 254 g/mol. The fourth-order valence-corrected chi connectivity index (χ4v) is 2.24. The number of ether oxygens (including phenoxy) is 1. The second kappa shape index (κ2) is 5.97. The minimum atomic E-state index is -1.06. The summed E-state index contributed by atoms with van der Waals surface area (Å²) in [6.07, 6.45) is 2.44. The minimum Gasteiger partial charge on any atom is -0.476 e. The SMILES string of the molecule is CCOC1CCCN(Cc2cc(C(=O)O)no2)C1. The molecule has 1 aliphatic heterocycles. The molecule has 0 aliphatic carbocycles. The fraction of sp³-hybridized carbons (Fsp3) is 0.667. The van der Waals surface area contributed by atoms with Crippen molar-refractivity contribution in [2.24, 2.45) is 0 Å². The number of piperidine rings is 1. The van der Waals surface area contributed by atoms with E-state index in [1.54, 1.807) is 0 Å². The summed E-state index contributed by atoms with van der Waals surface area (Å²) in [5.41, 5.74) is -0.0385. The fourth-order valence-electron chi connectivity index (χ4n) is 2.24. The Morgan fingerprint density at radius 2 is 2.56 bits per heavy atom. The van der Waals surface area contributed by atoms with Gasteiger partial charge in [-0.05, 0) is 26.3 Å². The molecule has 6 nitrogen and oxygen atoms in total. The van der Waals surface area contributed by atoms with Gasteiger partial charge in [-0.15, -0.1) is 0 Å². The molecule has 0 radical (unpaired) electrons. The molecule has 1 saturated heterocycles. The second-order valence-corrected chi connectivity index (χ2v) is 4.44. The first-order valence-corrected chi connectivity index (χ1v) is 6.22. The highest BCUT2D eigenvalue weighted by molar-refractivity contribution is 5.85. The van der Waals surface area contributed by atoms with Gasteiger partial charge in [0.05, 0.1) is 12.6 Å². The van der Waals surface area contributed by atoms with Gasteiger partial charge in [-0.25, -0.2) is 4.79 Å². The van der Waals surface area contributed by atoms with Crippen molar-refractivity contribution >= 4 is 5.97 Å². The number of hydrogen-bond donors (Lipinski definition) is 1. The summed E-state index contributed by atoms with van der Waals surface area (Å²) >= 11 is 0. The molecule has 0 spiro atoms. The van der Waals surface area contributed by atoms with Crippen LogP contribution in [-0.4, -0.2) is 46.9 Å². The van der Waals surface area contributed by atoms with Gasteiger partial charge in [0.15, 0.2) is 11.5 Å². The van der Waals surface area contributed by atoms with Gasteiger partial charge < -0.3 is 14.4 Å². The second-order valence-electron chi connectivity index (χ2n) is 4.44. The molecule has 100 valence electrons. The Labute approximate surface area is 106 Å². The molecule has 18 heavy (non-hydrogen) atoms. The van der Waals surface area contributed by atoms with Crippen molar-refractivity contribution in [3.8, 4) is 0 Å². The lowest BCUT2D eigenvalue weighted by Crippen LogP contribution is -2.39. The molecule has 1 unspecified atom stereocenters. The largest absolute Gasteiger partial charge is 0.476 e. The molecule has 2 rings (SSSR count). The standard InChI is InChI=1S/C12H18N2O4/c1-2-17-9-4-3-5-14(7-9)8-10-6-11(12(15)16)13-18-10/h6,9H,2-5,7-8H2,1H3,(H,15,16). The van der Waals surface area contributed by atoms with E-state index in [-0.39, 0.29) is 11.8 Å². The highest BCUT2D eigenvalue weighted by atomic mass is 16.5. The Morgan fingerprint density at radius 1 is 1.72 bits per heavy atom. The Balaban J connectivity index is 1.89. The van der Waals surface area contributed by atoms with Crippen molar-refractivity contribution in [2.75, 3.05) is 19.7 Å². The summed E-state index contributed by atoms with van der Waals surface area (Å²) in [5.74, 6) is -0.472. The summed E-state index contributed by atoms with van der Waals surface area (Å²) in [7, 11) is 0. The summed E-state index contributed by atoms with van der Waals surface area (Å²) < 4.78 is 10.6. The van der Waals surface area contributed by atoms with E-state index in [0.717, 1.165) is 32.5 Å². The molecule has 0 aromatic carbocycles. The maximum atomic E-state index is 10.7. The molecule has 1 aromatic heterocycles. The van der Waals surface area contributed by atoms with Crippen LogP contribution in [-0.2, 0) is 11.3 Å². The van der Waals surface area contributed by atoms with Crippen molar-refractivity contribution in [3.63, 3.8) is 0 Å². The first-order valence-electron chi connectivity index (χ1n) is 6.22. The Morgan fingerprint density at radius 3 is 3.22 bits per heavy atom. The van der Waals surface area contributed by atoms with Crippen molar-refractivity contribution in [1.82, 2.24) is 10.1 Å². The first-order chi connectivity index (χ1) is 8.69. The van der Waals surface area contributed by atoms with Gasteiger partial charge >= 0.3 is 5.97 Å². The molecule has 1 N–H and O–H groups in total. The summed E-state index contributed by atoms with van der Waals surface area (Å²) in [6, 6.07) is 1.48. The van der Waals surface area contributed by atoms with E-state index < -0.39 is 5.97 Å². The predicted molar refractivity (Wildman–Crippen MR) is 63.4 cm³/mol. The van der Waals surface area contributed by atoms with E-state index in [4.69, 9.17) is 14.4 Å². The van der Waals surface area contributed by atoms with Crippen LogP contribution in [0.3, 0.4) is 0 Å². The van der Waals surface area contributed by atoms with Gasteiger partial charge in [0.1, 0.15) is 0 Å². The number of hydrogen-bond acceptors (Lipinski definition) is 5. The zero-order valence-corrected chi connectivity index (χ0v) is 10.5. The van der Waals surface area contributed by atoms with E-state index in [2.05, 4.69) is 10.1 Å². The number of nitrogens with zero attached hydrogens (tertiary/aromatic N) is 2. The van der Waals surface area contributed by atoms with E-state index in [9.17, 15) is 4.79 Å². The maximum Gasteiger partial charge on any atom is 0.358 e. The third-order valence-corrected chi connectivity index (χ3v) is 3.02. The highest BCUT2D eigenvalue weighted by Gasteiger charge is 2.21. The topological polar surface area (TPSA) is 75.8 Å². The van der Waals surface area contributed by atoms with Crippen LogP contribution < -0.4 is 0 Å². The summed E-state index contributed by atoms with van der Waals surface area (Å²) in [4.78, 5) is 12.9. The van der Waals surface area contributed by atoms with Crippen LogP contribution in [0, 0.1) is 0 Å². The molecular weight excluding hydrogens is 236 g/mol. The molecule has 1 aromatic rings. The molecule has 2 heterocycles. The zero-order chi connectivity index (χ0) is 13.0. The lowest BCUT2D eigenvalue weighted by molar-refractivity contribution is 0.00157. The van der Waals surface area contributed by atoms with Crippen molar-refractivity contribution < 1.29 is 19.2 Å². The van der Waals surface area contributed by atoms with Crippen molar-refractivity contribution in [2.45, 2.75) is 32.4 Å². The lowest BCUT2D eigenvalue weighted by Gasteiger charge is -2.31. The van der Waals surface area contributed by atoms with Crippen LogP contribution in [0.15, 0.2) is 10.6 Å². The number of aromatic nitrogens is 1. The van der Waals surface area contributed by atoms with Crippen molar-refractivity contribution in [1.29, 1.82) is 0 Å². The van der Waals surface area contributed by atoms with Crippen LogP contribution in [0.1, 0.15) is 36.0 Å². The molecule has 0 bridgehead atoms. The van der Waals surface area contributed by atoms with E-state index >= 15 is 0 Å². The van der Waals surface area contributed by atoms with E-state index in [1.807, 2.05) is 6.92 Å². The normalized spacial score (nSPS) is 21.1. The van der Waals surface area contributed by atoms with Gasteiger partial charge in [-0.3, -0.25) is 4.90 Å². The molecule has 0 saturated carbocycles. The van der Waals surface area contributed by atoms with Gasteiger partial charge in [0.25, 0.3) is 0 Å². The van der Waals surface area contributed by atoms with Gasteiger partial charge in [0, 0.05) is 19.2 Å². The quantitative estimate of drug-likeness (QED) is 0.855. The molecule has 6 heteroatoms. The van der Waals surface area contributed by atoms with Crippen LogP contribution in [0.4, 0.5) is 0 Å². The third kappa shape index (κ3) is 3.30. The maximum absolute atomic E-state index is 10.7. The zero-order valence-electron chi connectivity index (χ0n) is 10.5. The van der Waals surface area contributed by atoms with Gasteiger partial charge in [-0.2, -0.15) is 0 Å². The number of carbonyl (C=O) groups is 1. The van der Waals surface area contributed by atoms with Crippen LogP contribution in [0.2, 0.25) is 0 Å². The first kappa shape index (κ1) is 13.0. The minimum absolute atomic E-state index is 0.0385. The average Bonchev–Trinajstić information content (AvgIpc) is 2.78. The van der Waals surface area contributed by atoms with Crippen LogP contribution >= 0.6 is 0 Å². The lowest BCUT2D eigenvalue weighted by atomic mass is 10.1. The van der Waals surface area contributed by atoms with Crippen LogP contribution in [0.25, 0.3) is 0 Å². The summed E-state index contributed by atoms with van der Waals surface area (Å²) in [5, 5.41) is 12.3. The number of rotatable bonds is 5. The third-order valence-electron chi connectivity index (χ3n) is 3.02. The monoisotopic (exact) mass is 254 g/mol. The number of aromatic carboxylic acids is 1. The highest BCUT2D eigenvalue weighted by Crippen LogP contribution is 2.16. The molecule has 1 fully saturated rings. The Bertz CT molecular complexity index is 403. The van der Waals surface area contributed by atoms with Gasteiger partial charge in [-0.1, -0.05) is 5.16 Å². The molecule has 1 aliphatic rings. The van der Waals surface area contributed by atoms with E-state index in [1.165, 1.54) is 6.07 Å². The molecule has 0 amide bonds. The number of carboxylic acids is 1. The number of likely N-dealkylation sites (tertiary alicyclic amines) is 1. The smallest absolute Gasteiger partial charge is 0.358 e. The van der Waals surface area contributed by atoms with Gasteiger partial charge in [0.2, 0.25) is 0 Å². The number of carboxylic acid groups (broad SMARTS) is 1. The van der Waals surface area contributed by atoms with Crippen molar-refractivity contribution in [3.05, 3.63) is 17.5 Å². The Hall–Kier alpha value is -1.40.